The van der Waals surface area contributed by atoms with Crippen LogP contribution in [0.4, 0.5) is 0 Å². The van der Waals surface area contributed by atoms with Crippen molar-refractivity contribution in [2.75, 3.05) is 19.4 Å². The van der Waals surface area contributed by atoms with Gasteiger partial charge in [-0.25, -0.2) is 13.1 Å². The summed E-state index contributed by atoms with van der Waals surface area (Å²) in [6, 6.07) is 21.0. The van der Waals surface area contributed by atoms with Gasteiger partial charge in [-0.1, -0.05) is 66.5 Å². The van der Waals surface area contributed by atoms with Gasteiger partial charge < -0.3 is 14.7 Å². The van der Waals surface area contributed by atoms with E-state index in [2.05, 4.69) is 4.72 Å². The molecule has 3 aromatic carbocycles. The van der Waals surface area contributed by atoms with Crippen LogP contribution >= 0.6 is 23.2 Å². The van der Waals surface area contributed by atoms with Gasteiger partial charge in [-0.3, -0.25) is 9.59 Å². The van der Waals surface area contributed by atoms with Crippen molar-refractivity contribution >= 4 is 45.1 Å². The van der Waals surface area contributed by atoms with Gasteiger partial charge in [-0.15, -0.1) is 0 Å². The molecule has 3 aromatic rings. The third-order valence-electron chi connectivity index (χ3n) is 8.96. The molecule has 0 aromatic heterocycles. The number of amides is 1. The van der Waals surface area contributed by atoms with Crippen LogP contribution in [0.3, 0.4) is 0 Å². The molecule has 1 saturated carbocycles. The molecule has 2 aliphatic rings. The number of hydrogen-bond acceptors (Lipinski definition) is 5. The van der Waals surface area contributed by atoms with E-state index >= 15 is 0 Å². The molecule has 1 saturated heterocycles. The van der Waals surface area contributed by atoms with Gasteiger partial charge in [-0.2, -0.15) is 0 Å². The maximum Gasteiger partial charge on any atom is 0.304 e. The first-order chi connectivity index (χ1) is 21.4. The van der Waals surface area contributed by atoms with Crippen molar-refractivity contribution in [1.29, 1.82) is 0 Å². The fourth-order valence-electron chi connectivity index (χ4n) is 6.58. The summed E-state index contributed by atoms with van der Waals surface area (Å²) in [6.45, 7) is 1.72. The quantitative estimate of drug-likeness (QED) is 0.215. The predicted octanol–water partition coefficient (Wildman–Crippen LogP) is 6.48. The Bertz CT molecular complexity index is 1650. The van der Waals surface area contributed by atoms with Crippen molar-refractivity contribution in [3.8, 4) is 5.75 Å². The lowest BCUT2D eigenvalue weighted by molar-refractivity contribution is -0.161. The predicted molar refractivity (Wildman–Crippen MR) is 175 cm³/mol. The van der Waals surface area contributed by atoms with Gasteiger partial charge in [0.25, 0.3) is 0 Å². The minimum absolute atomic E-state index is 0.0202. The standard InChI is InChI=1S/C34H38Cl2N2O6S/c1-34(20-31(39)40)19-29(25-6-4-7-27(36)18-25)32(24-11-13-26(35)14-12-24)38(33(34)41)30(23-9-10-23)21-37-45(42,43)16-15-22-5-3-8-28(17-22)44-2/h3-8,11-14,17-18,23,29-30,32,37H,9-10,15-16,19-21H2,1-2H3,(H,39,40)/t29-,30-,32-,34-/m1/s1. The highest BCUT2D eigenvalue weighted by Gasteiger charge is 2.54. The van der Waals surface area contributed by atoms with Crippen LogP contribution in [0.5, 0.6) is 5.75 Å². The van der Waals surface area contributed by atoms with Gasteiger partial charge >= 0.3 is 5.97 Å². The number of halogens is 2. The summed E-state index contributed by atoms with van der Waals surface area (Å²) in [5, 5.41) is 11.0. The van der Waals surface area contributed by atoms with Gasteiger partial charge in [0.05, 0.1) is 30.7 Å². The Morgan fingerprint density at radius 3 is 2.40 bits per heavy atom. The summed E-state index contributed by atoms with van der Waals surface area (Å²) >= 11 is 12.7. The first-order valence-corrected chi connectivity index (χ1v) is 17.5. The second kappa shape index (κ2) is 13.7. The van der Waals surface area contributed by atoms with Crippen molar-refractivity contribution < 1.29 is 27.9 Å². The lowest BCUT2D eigenvalue weighted by Crippen LogP contribution is -2.59. The maximum absolute atomic E-state index is 14.6. The molecule has 4 atom stereocenters. The van der Waals surface area contributed by atoms with Crippen LogP contribution in [-0.2, 0) is 26.0 Å². The highest BCUT2D eigenvalue weighted by Crippen LogP contribution is 2.54. The zero-order valence-corrected chi connectivity index (χ0v) is 27.6. The van der Waals surface area contributed by atoms with Crippen molar-refractivity contribution in [3.63, 3.8) is 0 Å². The fourth-order valence-corrected chi connectivity index (χ4v) is 7.98. The molecular weight excluding hydrogens is 635 g/mol. The van der Waals surface area contributed by atoms with Crippen LogP contribution in [0, 0.1) is 11.3 Å². The number of carboxylic acid groups (broad SMARTS) is 1. The average molecular weight is 674 g/mol. The number of methoxy groups -OCH3 is 1. The summed E-state index contributed by atoms with van der Waals surface area (Å²) in [6.07, 6.45) is 1.90. The minimum atomic E-state index is -3.72. The summed E-state index contributed by atoms with van der Waals surface area (Å²) in [7, 11) is -2.16. The van der Waals surface area contributed by atoms with Crippen LogP contribution in [0.1, 0.15) is 61.3 Å². The highest BCUT2D eigenvalue weighted by atomic mass is 35.5. The van der Waals surface area contributed by atoms with Gasteiger partial charge in [0.15, 0.2) is 0 Å². The molecule has 0 radical (unpaired) electrons. The van der Waals surface area contributed by atoms with Gasteiger partial charge in [0.2, 0.25) is 15.9 Å². The SMILES string of the molecule is COc1cccc(CCS(=O)(=O)NC[C@H](C2CC2)N2C(=O)[C@@](C)(CC(=O)O)C[C@H](c3cccc(Cl)c3)[C@H]2c2ccc(Cl)cc2)c1. The molecule has 1 aliphatic carbocycles. The smallest absolute Gasteiger partial charge is 0.304 e. The number of carbonyl (C=O) groups excluding carboxylic acids is 1. The Kier molecular flexibility index (Phi) is 10.1. The third-order valence-corrected chi connectivity index (χ3v) is 10.8. The number of nitrogens with one attached hydrogen (secondary N) is 1. The molecule has 8 nitrogen and oxygen atoms in total. The molecule has 1 aliphatic heterocycles. The van der Waals surface area contributed by atoms with E-state index in [4.69, 9.17) is 27.9 Å². The normalized spacial score (nSPS) is 22.7. The summed E-state index contributed by atoms with van der Waals surface area (Å²) in [4.78, 5) is 28.5. The fraction of sp³-hybridized carbons (Fsp3) is 0.412. The second-order valence-corrected chi connectivity index (χ2v) is 15.2. The summed E-state index contributed by atoms with van der Waals surface area (Å²) in [5.74, 6) is -1.08. The first-order valence-electron chi connectivity index (χ1n) is 15.0. The van der Waals surface area contributed by atoms with Crippen molar-refractivity contribution in [1.82, 2.24) is 9.62 Å². The second-order valence-electron chi connectivity index (χ2n) is 12.4. The van der Waals surface area contributed by atoms with Gasteiger partial charge in [0, 0.05) is 28.5 Å². The number of carbonyl (C=O) groups is 2. The number of ether oxygens (including phenoxy) is 1. The number of sulfonamides is 1. The molecule has 5 rings (SSSR count). The molecule has 0 spiro atoms. The van der Waals surface area contributed by atoms with Crippen LogP contribution in [-0.4, -0.2) is 55.7 Å². The lowest BCUT2D eigenvalue weighted by Gasteiger charge is -2.52. The molecular formula is C34H38Cl2N2O6S. The number of aliphatic carboxylic acids is 1. The Hall–Kier alpha value is -3.11. The van der Waals surface area contributed by atoms with Gasteiger partial charge in [0.1, 0.15) is 5.75 Å². The van der Waals surface area contributed by atoms with E-state index in [9.17, 15) is 23.1 Å². The number of rotatable bonds is 13. The molecule has 2 fully saturated rings. The van der Waals surface area contributed by atoms with Crippen LogP contribution in [0.2, 0.25) is 10.0 Å². The Balaban J connectivity index is 1.51. The van der Waals surface area contributed by atoms with Crippen LogP contribution in [0.15, 0.2) is 72.8 Å². The molecule has 0 bridgehead atoms. The van der Waals surface area contributed by atoms with E-state index in [-0.39, 0.29) is 42.9 Å². The zero-order chi connectivity index (χ0) is 32.4. The first kappa shape index (κ1) is 33.3. The highest BCUT2D eigenvalue weighted by molar-refractivity contribution is 7.89. The van der Waals surface area contributed by atoms with E-state index in [1.165, 1.54) is 0 Å². The number of nitrogens with zero attached hydrogens (tertiary/aromatic N) is 1. The number of aryl methyl sites for hydroxylation is 1. The average Bonchev–Trinajstić information content (AvgIpc) is 3.84. The maximum atomic E-state index is 14.6. The van der Waals surface area contributed by atoms with E-state index in [1.807, 2.05) is 48.5 Å². The number of hydrogen-bond donors (Lipinski definition) is 2. The molecule has 11 heteroatoms. The van der Waals surface area contributed by atoms with E-state index in [0.717, 1.165) is 29.5 Å². The molecule has 240 valence electrons. The van der Waals surface area contributed by atoms with E-state index in [1.54, 1.807) is 43.2 Å². The van der Waals surface area contributed by atoms with Crippen molar-refractivity contribution in [3.05, 3.63) is 99.5 Å². The molecule has 45 heavy (non-hydrogen) atoms. The van der Waals surface area contributed by atoms with Crippen molar-refractivity contribution in [2.24, 2.45) is 11.3 Å². The van der Waals surface area contributed by atoms with Gasteiger partial charge in [-0.05, 0) is 84.7 Å². The third kappa shape index (κ3) is 8.01. The Morgan fingerprint density at radius 2 is 1.76 bits per heavy atom. The molecule has 1 amide bonds. The number of piperidine rings is 1. The number of carboxylic acids is 1. The molecule has 1 heterocycles. The monoisotopic (exact) mass is 672 g/mol. The summed E-state index contributed by atoms with van der Waals surface area (Å²) < 4.78 is 34.7. The topological polar surface area (TPSA) is 113 Å². The zero-order valence-electron chi connectivity index (χ0n) is 25.3. The summed E-state index contributed by atoms with van der Waals surface area (Å²) in [5.41, 5.74) is 1.33. The minimum Gasteiger partial charge on any atom is -0.497 e. The largest absolute Gasteiger partial charge is 0.497 e. The van der Waals surface area contributed by atoms with E-state index < -0.39 is 33.5 Å². The van der Waals surface area contributed by atoms with E-state index in [0.29, 0.717) is 22.2 Å². The lowest BCUT2D eigenvalue weighted by atomic mass is 9.67. The van der Waals surface area contributed by atoms with Crippen LogP contribution in [0.25, 0.3) is 0 Å². The molecule has 2 N–H and O–H groups in total. The van der Waals surface area contributed by atoms with Crippen molar-refractivity contribution in [2.45, 2.75) is 57.0 Å². The Morgan fingerprint density at radius 1 is 1.04 bits per heavy atom. The van der Waals surface area contributed by atoms with Crippen LogP contribution < -0.4 is 9.46 Å². The Labute approximate surface area is 274 Å². The molecule has 0 unspecified atom stereocenters. The number of benzene rings is 3. The number of likely N-dealkylation sites (tertiary alicyclic amines) is 1.